The standard InChI is InChI=1S/C26H16N2O4/c29-23-17-11-13-19-22-20(26(32)28(25(19)31)16-9-5-2-6-10-16)14-12-18(21(17)22)24(30)27(23)15-7-3-1-4-8-15/h1-14,17,19H. The summed E-state index contributed by atoms with van der Waals surface area (Å²) in [5.41, 5.74) is 2.63. The molecular weight excluding hydrogens is 404 g/mol. The molecule has 3 aromatic rings. The van der Waals surface area contributed by atoms with Crippen molar-refractivity contribution in [1.29, 1.82) is 0 Å². The highest BCUT2D eigenvalue weighted by Crippen LogP contribution is 2.46. The van der Waals surface area contributed by atoms with Gasteiger partial charge in [-0.1, -0.05) is 48.6 Å². The third-order valence-electron chi connectivity index (χ3n) is 6.27. The first kappa shape index (κ1) is 18.4. The van der Waals surface area contributed by atoms with E-state index in [4.69, 9.17) is 0 Å². The number of para-hydroxylation sites is 2. The summed E-state index contributed by atoms with van der Waals surface area (Å²) in [4.78, 5) is 55.8. The van der Waals surface area contributed by atoms with Gasteiger partial charge in [0, 0.05) is 11.1 Å². The average Bonchev–Trinajstić information content (AvgIpc) is 2.83. The Morgan fingerprint density at radius 1 is 0.500 bits per heavy atom. The molecule has 2 aliphatic heterocycles. The fraction of sp³-hybridized carbons (Fsp3) is 0.0769. The molecule has 154 valence electrons. The van der Waals surface area contributed by atoms with E-state index in [1.165, 1.54) is 9.80 Å². The maximum absolute atomic E-state index is 13.4. The molecule has 4 amide bonds. The van der Waals surface area contributed by atoms with Crippen LogP contribution in [0.1, 0.15) is 43.7 Å². The highest BCUT2D eigenvalue weighted by atomic mass is 16.2. The van der Waals surface area contributed by atoms with Crippen molar-refractivity contribution < 1.29 is 19.2 Å². The van der Waals surface area contributed by atoms with E-state index < -0.39 is 23.7 Å². The maximum atomic E-state index is 13.4. The lowest BCUT2D eigenvalue weighted by Crippen LogP contribution is -2.50. The van der Waals surface area contributed by atoms with E-state index in [0.29, 0.717) is 33.6 Å². The van der Waals surface area contributed by atoms with Crippen molar-refractivity contribution in [3.05, 3.63) is 107 Å². The summed E-state index contributed by atoms with van der Waals surface area (Å²) in [5, 5.41) is 0. The van der Waals surface area contributed by atoms with Gasteiger partial charge in [0.05, 0.1) is 23.2 Å². The number of nitrogens with zero attached hydrogens (tertiary/aromatic N) is 2. The van der Waals surface area contributed by atoms with E-state index in [0.717, 1.165) is 0 Å². The zero-order chi connectivity index (χ0) is 22.0. The fourth-order valence-corrected chi connectivity index (χ4v) is 4.87. The number of hydrogen-bond donors (Lipinski definition) is 0. The second kappa shape index (κ2) is 6.59. The molecule has 0 spiro atoms. The van der Waals surface area contributed by atoms with Gasteiger partial charge in [-0.25, -0.2) is 9.80 Å². The van der Waals surface area contributed by atoms with Gasteiger partial charge in [-0.3, -0.25) is 19.2 Å². The lowest BCUT2D eigenvalue weighted by molar-refractivity contribution is -0.120. The molecule has 2 atom stereocenters. The third-order valence-corrected chi connectivity index (χ3v) is 6.27. The highest BCUT2D eigenvalue weighted by Gasteiger charge is 2.48. The molecule has 6 nitrogen and oxygen atoms in total. The predicted octanol–water partition coefficient (Wildman–Crippen LogP) is 3.80. The van der Waals surface area contributed by atoms with Crippen LogP contribution in [0, 0.1) is 0 Å². The minimum atomic E-state index is -0.724. The zero-order valence-electron chi connectivity index (χ0n) is 16.8. The molecule has 32 heavy (non-hydrogen) atoms. The summed E-state index contributed by atoms with van der Waals surface area (Å²) in [7, 11) is 0. The van der Waals surface area contributed by atoms with Crippen LogP contribution in [0.25, 0.3) is 0 Å². The Balaban J connectivity index is 1.54. The summed E-state index contributed by atoms with van der Waals surface area (Å²) in [6.07, 6.45) is 3.36. The van der Waals surface area contributed by atoms with Gasteiger partial charge in [-0.15, -0.1) is 0 Å². The van der Waals surface area contributed by atoms with E-state index in [1.54, 1.807) is 72.8 Å². The molecule has 0 saturated heterocycles. The fourth-order valence-electron chi connectivity index (χ4n) is 4.87. The largest absolute Gasteiger partial charge is 0.273 e. The lowest BCUT2D eigenvalue weighted by Gasteiger charge is -2.40. The first-order chi connectivity index (χ1) is 15.6. The number of anilines is 2. The van der Waals surface area contributed by atoms with Crippen LogP contribution in [0.2, 0.25) is 0 Å². The van der Waals surface area contributed by atoms with Crippen molar-refractivity contribution in [1.82, 2.24) is 0 Å². The third kappa shape index (κ3) is 2.34. The van der Waals surface area contributed by atoms with Gasteiger partial charge >= 0.3 is 0 Å². The van der Waals surface area contributed by atoms with E-state index in [-0.39, 0.29) is 11.8 Å². The number of carbonyl (C=O) groups is 4. The monoisotopic (exact) mass is 420 g/mol. The summed E-state index contributed by atoms with van der Waals surface area (Å²) < 4.78 is 0. The molecule has 0 aromatic heterocycles. The van der Waals surface area contributed by atoms with Crippen LogP contribution >= 0.6 is 0 Å². The Morgan fingerprint density at radius 3 is 1.25 bits per heavy atom. The van der Waals surface area contributed by atoms with Crippen molar-refractivity contribution in [2.24, 2.45) is 0 Å². The molecule has 1 aliphatic carbocycles. The molecule has 6 rings (SSSR count). The summed E-state index contributed by atoms with van der Waals surface area (Å²) >= 11 is 0. The van der Waals surface area contributed by atoms with Gasteiger partial charge in [0.15, 0.2) is 0 Å². The molecule has 3 aromatic carbocycles. The van der Waals surface area contributed by atoms with Crippen LogP contribution < -0.4 is 9.80 Å². The minimum absolute atomic E-state index is 0.348. The molecule has 0 bridgehead atoms. The molecule has 0 N–H and O–H groups in total. The number of carbonyl (C=O) groups excluding carboxylic acids is 4. The van der Waals surface area contributed by atoms with Gasteiger partial charge in [-0.05, 0) is 47.5 Å². The van der Waals surface area contributed by atoms with E-state index >= 15 is 0 Å². The minimum Gasteiger partial charge on any atom is -0.273 e. The van der Waals surface area contributed by atoms with Crippen LogP contribution in [0.4, 0.5) is 11.4 Å². The van der Waals surface area contributed by atoms with Gasteiger partial charge < -0.3 is 0 Å². The molecule has 3 aliphatic rings. The van der Waals surface area contributed by atoms with E-state index in [1.807, 2.05) is 12.1 Å². The van der Waals surface area contributed by atoms with Crippen molar-refractivity contribution in [2.45, 2.75) is 11.8 Å². The summed E-state index contributed by atoms with van der Waals surface area (Å²) in [6.45, 7) is 0. The van der Waals surface area contributed by atoms with Crippen molar-refractivity contribution in [2.75, 3.05) is 9.80 Å². The Labute approximate surface area is 183 Å². The second-order valence-electron chi connectivity index (χ2n) is 7.96. The number of rotatable bonds is 2. The van der Waals surface area contributed by atoms with Crippen molar-refractivity contribution in [3.8, 4) is 0 Å². The second-order valence-corrected chi connectivity index (χ2v) is 7.96. The molecule has 0 radical (unpaired) electrons. The number of benzene rings is 3. The smallest absolute Gasteiger partial charge is 0.265 e. The Hall–Kier alpha value is -4.32. The van der Waals surface area contributed by atoms with E-state index in [9.17, 15) is 19.2 Å². The first-order valence-corrected chi connectivity index (χ1v) is 10.3. The van der Waals surface area contributed by atoms with Gasteiger partial charge in [0.2, 0.25) is 11.8 Å². The molecule has 2 heterocycles. The van der Waals surface area contributed by atoms with Crippen LogP contribution in [-0.2, 0) is 9.59 Å². The topological polar surface area (TPSA) is 74.8 Å². The summed E-state index contributed by atoms with van der Waals surface area (Å²) in [5.74, 6) is -3.12. The van der Waals surface area contributed by atoms with Crippen LogP contribution in [0.5, 0.6) is 0 Å². The maximum Gasteiger partial charge on any atom is 0.265 e. The molecule has 0 saturated carbocycles. The number of hydrogen-bond acceptors (Lipinski definition) is 4. The quantitative estimate of drug-likeness (QED) is 0.467. The summed E-state index contributed by atoms with van der Waals surface area (Å²) in [6, 6.07) is 20.7. The van der Waals surface area contributed by atoms with E-state index in [2.05, 4.69) is 0 Å². The molecular formula is C26H16N2O4. The Bertz CT molecular complexity index is 1260. The van der Waals surface area contributed by atoms with Crippen LogP contribution in [-0.4, -0.2) is 23.6 Å². The van der Waals surface area contributed by atoms with Crippen molar-refractivity contribution >= 4 is 35.0 Å². The van der Waals surface area contributed by atoms with Crippen LogP contribution in [0.15, 0.2) is 84.9 Å². The average molecular weight is 420 g/mol. The zero-order valence-corrected chi connectivity index (χ0v) is 16.8. The van der Waals surface area contributed by atoms with Gasteiger partial charge in [0.1, 0.15) is 0 Å². The van der Waals surface area contributed by atoms with Crippen molar-refractivity contribution in [3.63, 3.8) is 0 Å². The highest BCUT2D eigenvalue weighted by molar-refractivity contribution is 6.30. The molecule has 0 fully saturated rings. The SMILES string of the molecule is O=C1c2ccc3c4c2C(C=CC4C(=O)N(c2ccccc2)C3=O)C(=O)N1c1ccccc1. The lowest BCUT2D eigenvalue weighted by atomic mass is 9.72. The normalized spacial score (nSPS) is 21.1. The number of amides is 4. The van der Waals surface area contributed by atoms with Gasteiger partial charge in [0.25, 0.3) is 11.8 Å². The molecule has 6 heteroatoms. The Kier molecular flexibility index (Phi) is 3.80. The van der Waals surface area contributed by atoms with Crippen LogP contribution in [0.3, 0.4) is 0 Å². The predicted molar refractivity (Wildman–Crippen MR) is 118 cm³/mol. The van der Waals surface area contributed by atoms with Gasteiger partial charge in [-0.2, -0.15) is 0 Å². The number of imide groups is 2. The first-order valence-electron chi connectivity index (χ1n) is 10.3. The Morgan fingerprint density at radius 2 is 0.875 bits per heavy atom. The molecule has 2 unspecified atom stereocenters.